The number of nitrogens with one attached hydrogen (secondary N) is 1. The number of benzene rings is 1. The number of aromatic nitrogens is 1. The highest BCUT2D eigenvalue weighted by molar-refractivity contribution is 6.01. The molecule has 1 aromatic carbocycles. The van der Waals surface area contributed by atoms with Crippen LogP contribution in [0.2, 0.25) is 0 Å². The minimum atomic E-state index is -0.725. The molecule has 0 amide bonds. The predicted molar refractivity (Wildman–Crippen MR) is 112 cm³/mol. The quantitative estimate of drug-likeness (QED) is 0.315. The number of furan rings is 1. The SMILES string of the molecule is COC(=O)CCCONc1cc(-c2cn(C(=O)OC(C)(C)C)c3c(F)cccc23)co1. The standard InChI is InChI=1S/C22H25FN2O6/c1-22(2,3)31-21(27)25-12-16(15-7-5-8-17(23)20(15)25)14-11-18(29-13-14)24-30-10-6-9-19(26)28-4/h5,7-8,11-13,24H,6,9-10H2,1-4H3. The zero-order chi connectivity index (χ0) is 22.6. The van der Waals surface area contributed by atoms with Crippen molar-refractivity contribution < 1.29 is 32.7 Å². The monoisotopic (exact) mass is 432 g/mol. The largest absolute Gasteiger partial charge is 0.469 e. The third kappa shape index (κ3) is 5.43. The van der Waals surface area contributed by atoms with Crippen molar-refractivity contribution in [3.05, 3.63) is 42.5 Å². The van der Waals surface area contributed by atoms with E-state index in [0.717, 1.165) is 4.57 Å². The fraction of sp³-hybridized carbons (Fsp3) is 0.364. The summed E-state index contributed by atoms with van der Waals surface area (Å²) in [5.74, 6) is -0.523. The van der Waals surface area contributed by atoms with Gasteiger partial charge in [-0.15, -0.1) is 0 Å². The molecular weight excluding hydrogens is 407 g/mol. The van der Waals surface area contributed by atoms with Gasteiger partial charge in [-0.05, 0) is 33.3 Å². The number of ether oxygens (including phenoxy) is 2. The van der Waals surface area contributed by atoms with Crippen molar-refractivity contribution >= 4 is 28.8 Å². The maximum Gasteiger partial charge on any atom is 0.419 e. The molecule has 0 aliphatic heterocycles. The molecule has 0 aliphatic rings. The van der Waals surface area contributed by atoms with Crippen molar-refractivity contribution in [3.63, 3.8) is 0 Å². The Labute approximate surface area is 178 Å². The molecule has 0 fully saturated rings. The molecular formula is C22H25FN2O6. The van der Waals surface area contributed by atoms with Crippen LogP contribution in [0.1, 0.15) is 33.6 Å². The summed E-state index contributed by atoms with van der Waals surface area (Å²) in [5, 5.41) is 0.539. The predicted octanol–water partition coefficient (Wildman–Crippen LogP) is 5.12. The van der Waals surface area contributed by atoms with Crippen molar-refractivity contribution in [1.82, 2.24) is 4.57 Å². The summed E-state index contributed by atoms with van der Waals surface area (Å²) in [6.07, 6.45) is 3.05. The van der Waals surface area contributed by atoms with Crippen LogP contribution in [0.5, 0.6) is 0 Å². The first-order valence-electron chi connectivity index (χ1n) is 9.76. The molecule has 8 nitrogen and oxygen atoms in total. The van der Waals surface area contributed by atoms with Gasteiger partial charge in [-0.1, -0.05) is 12.1 Å². The molecule has 3 aromatic rings. The Morgan fingerprint density at radius 2 is 2.03 bits per heavy atom. The minimum absolute atomic E-state index is 0.126. The van der Waals surface area contributed by atoms with E-state index in [-0.39, 0.29) is 24.5 Å². The fourth-order valence-corrected chi connectivity index (χ4v) is 2.97. The summed E-state index contributed by atoms with van der Waals surface area (Å²) in [7, 11) is 1.33. The second kappa shape index (κ2) is 9.22. The smallest absolute Gasteiger partial charge is 0.419 e. The molecule has 3 rings (SSSR count). The number of rotatable bonds is 7. The molecule has 0 radical (unpaired) electrons. The molecule has 0 saturated carbocycles. The summed E-state index contributed by atoms with van der Waals surface area (Å²) in [6.45, 7) is 5.50. The Morgan fingerprint density at radius 3 is 2.74 bits per heavy atom. The van der Waals surface area contributed by atoms with Gasteiger partial charge in [-0.25, -0.2) is 19.2 Å². The number of fused-ring (bicyclic) bond motifs is 1. The van der Waals surface area contributed by atoms with Crippen LogP contribution in [0.25, 0.3) is 22.0 Å². The third-order valence-corrected chi connectivity index (χ3v) is 4.30. The lowest BCUT2D eigenvalue weighted by atomic mass is 10.1. The van der Waals surface area contributed by atoms with Crippen LogP contribution in [0.4, 0.5) is 15.1 Å². The third-order valence-electron chi connectivity index (χ3n) is 4.30. The summed E-state index contributed by atoms with van der Waals surface area (Å²) in [5.41, 5.74) is 3.28. The highest BCUT2D eigenvalue weighted by atomic mass is 19.1. The number of carbonyl (C=O) groups excluding carboxylic acids is 2. The summed E-state index contributed by atoms with van der Waals surface area (Å²) < 4.78 is 31.2. The van der Waals surface area contributed by atoms with E-state index in [1.165, 1.54) is 25.6 Å². The van der Waals surface area contributed by atoms with Gasteiger partial charge in [0.05, 0.1) is 19.2 Å². The van der Waals surface area contributed by atoms with Gasteiger partial charge in [0.25, 0.3) is 0 Å². The van der Waals surface area contributed by atoms with Gasteiger partial charge in [0.2, 0.25) is 5.88 Å². The second-order valence-corrected chi connectivity index (χ2v) is 7.86. The molecule has 0 unspecified atom stereocenters. The zero-order valence-corrected chi connectivity index (χ0v) is 17.9. The highest BCUT2D eigenvalue weighted by Crippen LogP contribution is 2.34. The molecule has 1 N–H and O–H groups in total. The average molecular weight is 432 g/mol. The minimum Gasteiger partial charge on any atom is -0.469 e. The first-order chi connectivity index (χ1) is 14.7. The Morgan fingerprint density at radius 1 is 1.26 bits per heavy atom. The lowest BCUT2D eigenvalue weighted by molar-refractivity contribution is -0.140. The number of nitrogens with zero attached hydrogens (tertiary/aromatic N) is 1. The van der Waals surface area contributed by atoms with Crippen molar-refractivity contribution in [2.75, 3.05) is 19.2 Å². The second-order valence-electron chi connectivity index (χ2n) is 7.86. The van der Waals surface area contributed by atoms with E-state index in [0.29, 0.717) is 28.8 Å². The van der Waals surface area contributed by atoms with Gasteiger partial charge in [0.15, 0.2) is 0 Å². The lowest BCUT2D eigenvalue weighted by Gasteiger charge is -2.19. The van der Waals surface area contributed by atoms with Crippen LogP contribution in [-0.4, -0.2) is 35.9 Å². The maximum absolute atomic E-state index is 14.6. The first kappa shape index (κ1) is 22.4. The lowest BCUT2D eigenvalue weighted by Crippen LogP contribution is -2.26. The van der Waals surface area contributed by atoms with Gasteiger partial charge >= 0.3 is 12.1 Å². The topological polar surface area (TPSA) is 91.9 Å². The normalized spacial score (nSPS) is 11.5. The number of carbonyl (C=O) groups is 2. The number of halogens is 1. The van der Waals surface area contributed by atoms with E-state index in [1.807, 2.05) is 0 Å². The highest BCUT2D eigenvalue weighted by Gasteiger charge is 2.23. The number of esters is 1. The molecule has 0 atom stereocenters. The Hall–Kier alpha value is -3.33. The molecule has 0 bridgehead atoms. The first-order valence-corrected chi connectivity index (χ1v) is 9.76. The number of anilines is 1. The molecule has 2 aromatic heterocycles. The van der Waals surface area contributed by atoms with Crippen LogP contribution < -0.4 is 5.48 Å². The van der Waals surface area contributed by atoms with Crippen LogP contribution in [0, 0.1) is 5.82 Å². The van der Waals surface area contributed by atoms with E-state index in [9.17, 15) is 14.0 Å². The van der Waals surface area contributed by atoms with E-state index in [1.54, 1.807) is 39.0 Å². The zero-order valence-electron chi connectivity index (χ0n) is 17.9. The molecule has 31 heavy (non-hydrogen) atoms. The van der Waals surface area contributed by atoms with E-state index in [2.05, 4.69) is 10.2 Å². The van der Waals surface area contributed by atoms with Gasteiger partial charge in [-0.3, -0.25) is 9.63 Å². The van der Waals surface area contributed by atoms with Gasteiger partial charge < -0.3 is 13.9 Å². The van der Waals surface area contributed by atoms with Gasteiger partial charge in [0.1, 0.15) is 17.7 Å². The molecule has 2 heterocycles. The number of hydrogen-bond acceptors (Lipinski definition) is 7. The van der Waals surface area contributed by atoms with Crippen molar-refractivity contribution in [2.45, 2.75) is 39.2 Å². The fourth-order valence-electron chi connectivity index (χ4n) is 2.97. The molecule has 0 aliphatic carbocycles. The summed E-state index contributed by atoms with van der Waals surface area (Å²) in [6, 6.07) is 6.25. The Kier molecular flexibility index (Phi) is 6.65. The molecule has 166 valence electrons. The van der Waals surface area contributed by atoms with Gasteiger partial charge in [-0.2, -0.15) is 0 Å². The summed E-state index contributed by atoms with van der Waals surface area (Å²) >= 11 is 0. The van der Waals surface area contributed by atoms with E-state index in [4.69, 9.17) is 14.0 Å². The molecule has 0 saturated heterocycles. The average Bonchev–Trinajstić information content (AvgIpc) is 3.31. The number of methoxy groups -OCH3 is 1. The summed E-state index contributed by atoms with van der Waals surface area (Å²) in [4.78, 5) is 29.0. The Bertz CT molecular complexity index is 1080. The van der Waals surface area contributed by atoms with Crippen molar-refractivity contribution in [1.29, 1.82) is 0 Å². The van der Waals surface area contributed by atoms with Crippen LogP contribution in [0.15, 0.2) is 41.1 Å². The molecule has 9 heteroatoms. The number of para-hydroxylation sites is 1. The molecule has 0 spiro atoms. The van der Waals surface area contributed by atoms with E-state index < -0.39 is 17.5 Å². The van der Waals surface area contributed by atoms with Gasteiger partial charge in [0, 0.05) is 35.2 Å². The maximum atomic E-state index is 14.6. The van der Waals surface area contributed by atoms with Crippen LogP contribution in [-0.2, 0) is 19.1 Å². The van der Waals surface area contributed by atoms with Crippen LogP contribution >= 0.6 is 0 Å². The van der Waals surface area contributed by atoms with Crippen molar-refractivity contribution in [3.8, 4) is 11.1 Å². The Balaban J connectivity index is 1.80. The van der Waals surface area contributed by atoms with E-state index >= 15 is 0 Å². The van der Waals surface area contributed by atoms with Crippen LogP contribution in [0.3, 0.4) is 0 Å². The number of hydrogen-bond donors (Lipinski definition) is 1. The van der Waals surface area contributed by atoms with Crippen molar-refractivity contribution in [2.24, 2.45) is 0 Å².